The van der Waals surface area contributed by atoms with Gasteiger partial charge < -0.3 is 15.0 Å². The van der Waals surface area contributed by atoms with Gasteiger partial charge in [0.25, 0.3) is 5.56 Å². The van der Waals surface area contributed by atoms with Crippen molar-refractivity contribution in [1.82, 2.24) is 19.1 Å². The van der Waals surface area contributed by atoms with E-state index in [1.54, 1.807) is 30.5 Å². The number of nitrogens with zero attached hydrogens (tertiary/aromatic N) is 4. The molecule has 0 saturated heterocycles. The van der Waals surface area contributed by atoms with Gasteiger partial charge in [0.15, 0.2) is 5.82 Å². The second-order valence-electron chi connectivity index (χ2n) is 8.73. The highest BCUT2D eigenvalue weighted by Crippen LogP contribution is 2.37. The SMILES string of the molecule is COCCN1Cc2cc(Nc3nn(C4CCCCC4C#N)c4cc[nH]c(=O)c34)ccc2S1(=O)=O. The number of hydrogen-bond acceptors (Lipinski definition) is 7. The van der Waals surface area contributed by atoms with Gasteiger partial charge in [-0.2, -0.15) is 14.7 Å². The number of rotatable bonds is 6. The van der Waals surface area contributed by atoms with Crippen LogP contribution >= 0.6 is 0 Å². The van der Waals surface area contributed by atoms with Crippen LogP contribution in [0.15, 0.2) is 40.2 Å². The van der Waals surface area contributed by atoms with Crippen molar-refractivity contribution in [2.75, 3.05) is 25.6 Å². The third kappa shape index (κ3) is 3.77. The molecular formula is C23H26N6O4S. The Bertz CT molecular complexity index is 1440. The molecule has 0 bridgehead atoms. The number of fused-ring (bicyclic) bond motifs is 2. The maximum Gasteiger partial charge on any atom is 0.261 e. The lowest BCUT2D eigenvalue weighted by Gasteiger charge is -2.27. The van der Waals surface area contributed by atoms with Gasteiger partial charge in [-0.3, -0.25) is 9.48 Å². The van der Waals surface area contributed by atoms with Crippen LogP contribution in [-0.4, -0.2) is 47.7 Å². The van der Waals surface area contributed by atoms with Gasteiger partial charge in [-0.1, -0.05) is 12.8 Å². The zero-order chi connectivity index (χ0) is 23.9. The van der Waals surface area contributed by atoms with E-state index < -0.39 is 10.0 Å². The minimum atomic E-state index is -3.55. The number of hydrogen-bond donors (Lipinski definition) is 2. The molecule has 0 spiro atoms. The minimum absolute atomic E-state index is 0.0990. The van der Waals surface area contributed by atoms with Gasteiger partial charge in [-0.15, -0.1) is 0 Å². The summed E-state index contributed by atoms with van der Waals surface area (Å²) < 4.78 is 33.8. The molecule has 10 nitrogen and oxygen atoms in total. The van der Waals surface area contributed by atoms with Crippen LogP contribution in [0, 0.1) is 17.2 Å². The zero-order valence-corrected chi connectivity index (χ0v) is 19.6. The highest BCUT2D eigenvalue weighted by Gasteiger charge is 2.34. The van der Waals surface area contributed by atoms with E-state index in [2.05, 4.69) is 16.4 Å². The molecule has 2 N–H and O–H groups in total. The van der Waals surface area contributed by atoms with E-state index in [4.69, 9.17) is 9.84 Å². The van der Waals surface area contributed by atoms with Crippen molar-refractivity contribution >= 4 is 32.4 Å². The summed E-state index contributed by atoms with van der Waals surface area (Å²) in [7, 11) is -2.01. The lowest BCUT2D eigenvalue weighted by Crippen LogP contribution is -2.27. The Labute approximate surface area is 197 Å². The number of benzene rings is 1. The van der Waals surface area contributed by atoms with Crippen molar-refractivity contribution in [2.24, 2.45) is 5.92 Å². The largest absolute Gasteiger partial charge is 0.383 e. The number of pyridine rings is 1. The number of anilines is 2. The van der Waals surface area contributed by atoms with Crippen LogP contribution in [0.5, 0.6) is 0 Å². The third-order valence-electron chi connectivity index (χ3n) is 6.67. The van der Waals surface area contributed by atoms with Crippen LogP contribution in [0.1, 0.15) is 37.3 Å². The summed E-state index contributed by atoms with van der Waals surface area (Å²) in [5.74, 6) is 0.225. The summed E-state index contributed by atoms with van der Waals surface area (Å²) in [5.41, 5.74) is 1.71. The van der Waals surface area contributed by atoms with Crippen LogP contribution in [0.4, 0.5) is 11.5 Å². The fourth-order valence-electron chi connectivity index (χ4n) is 4.97. The number of ether oxygens (including phenoxy) is 1. The highest BCUT2D eigenvalue weighted by atomic mass is 32.2. The van der Waals surface area contributed by atoms with Crippen LogP contribution in [0.2, 0.25) is 0 Å². The summed E-state index contributed by atoms with van der Waals surface area (Å²) in [6.45, 7) is 0.857. The molecule has 2 unspecified atom stereocenters. The van der Waals surface area contributed by atoms with Gasteiger partial charge in [0, 0.05) is 32.1 Å². The van der Waals surface area contributed by atoms with Crippen LogP contribution in [0.25, 0.3) is 10.9 Å². The van der Waals surface area contributed by atoms with Crippen LogP contribution in [-0.2, 0) is 21.3 Å². The Kier molecular flexibility index (Phi) is 5.89. The fraction of sp³-hybridized carbons (Fsp3) is 0.435. The Morgan fingerprint density at radius 3 is 2.91 bits per heavy atom. The number of aromatic amines is 1. The molecule has 3 heterocycles. The average Bonchev–Trinajstić information content (AvgIpc) is 3.32. The van der Waals surface area contributed by atoms with E-state index in [0.717, 1.165) is 25.7 Å². The maximum absolute atomic E-state index is 12.8. The fourth-order valence-corrected chi connectivity index (χ4v) is 6.57. The monoisotopic (exact) mass is 482 g/mol. The highest BCUT2D eigenvalue weighted by molar-refractivity contribution is 7.89. The molecule has 2 atom stereocenters. The summed E-state index contributed by atoms with van der Waals surface area (Å²) in [6, 6.07) is 9.15. The van der Waals surface area contributed by atoms with Crippen LogP contribution in [0.3, 0.4) is 0 Å². The molecular weight excluding hydrogens is 456 g/mol. The van der Waals surface area contributed by atoms with Gasteiger partial charge in [0.2, 0.25) is 10.0 Å². The van der Waals surface area contributed by atoms with Crippen molar-refractivity contribution in [2.45, 2.75) is 43.2 Å². The third-order valence-corrected chi connectivity index (χ3v) is 8.62. The first-order valence-corrected chi connectivity index (χ1v) is 12.8. The topological polar surface area (TPSA) is 133 Å². The quantitative estimate of drug-likeness (QED) is 0.552. The van der Waals surface area contributed by atoms with E-state index in [-0.39, 0.29) is 35.5 Å². The summed E-state index contributed by atoms with van der Waals surface area (Å²) in [4.78, 5) is 15.7. The van der Waals surface area contributed by atoms with E-state index >= 15 is 0 Å². The first-order valence-electron chi connectivity index (χ1n) is 11.3. The Hall–Kier alpha value is -3.20. The summed E-state index contributed by atoms with van der Waals surface area (Å²) >= 11 is 0. The van der Waals surface area contributed by atoms with Crippen LogP contribution < -0.4 is 10.9 Å². The smallest absolute Gasteiger partial charge is 0.261 e. The lowest BCUT2D eigenvalue weighted by molar-refractivity contribution is 0.179. The van der Waals surface area contributed by atoms with E-state index in [1.165, 1.54) is 11.4 Å². The number of nitriles is 1. The zero-order valence-electron chi connectivity index (χ0n) is 18.8. The number of nitrogens with one attached hydrogen (secondary N) is 2. The van der Waals surface area contributed by atoms with Crippen molar-refractivity contribution < 1.29 is 13.2 Å². The molecule has 1 saturated carbocycles. The molecule has 1 aliphatic carbocycles. The predicted molar refractivity (Wildman–Crippen MR) is 126 cm³/mol. The number of H-pyrrole nitrogens is 1. The molecule has 11 heteroatoms. The lowest BCUT2D eigenvalue weighted by atomic mass is 9.85. The molecule has 2 aromatic heterocycles. The second-order valence-corrected chi connectivity index (χ2v) is 10.6. The maximum atomic E-state index is 12.8. The van der Waals surface area contributed by atoms with Crippen molar-refractivity contribution in [3.05, 3.63) is 46.4 Å². The number of methoxy groups -OCH3 is 1. The normalized spacial score (nSPS) is 21.9. The van der Waals surface area contributed by atoms with Gasteiger partial charge in [0.1, 0.15) is 5.39 Å². The molecule has 178 valence electrons. The van der Waals surface area contributed by atoms with E-state index in [9.17, 15) is 18.5 Å². The number of sulfonamides is 1. The van der Waals surface area contributed by atoms with Crippen molar-refractivity contribution in [1.29, 1.82) is 5.26 Å². The summed E-state index contributed by atoms with van der Waals surface area (Å²) in [5, 5.41) is 18.0. The molecule has 2 aliphatic rings. The molecule has 1 aliphatic heterocycles. The number of aromatic nitrogens is 3. The van der Waals surface area contributed by atoms with Gasteiger partial charge in [-0.05, 0) is 42.7 Å². The van der Waals surface area contributed by atoms with Gasteiger partial charge >= 0.3 is 0 Å². The molecule has 34 heavy (non-hydrogen) atoms. The molecule has 0 amide bonds. The Balaban J connectivity index is 1.51. The van der Waals surface area contributed by atoms with E-state index in [1.807, 2.05) is 4.68 Å². The Morgan fingerprint density at radius 2 is 2.12 bits per heavy atom. The molecule has 3 aromatic rings. The van der Waals surface area contributed by atoms with E-state index in [0.29, 0.717) is 34.6 Å². The predicted octanol–water partition coefficient (Wildman–Crippen LogP) is 2.87. The summed E-state index contributed by atoms with van der Waals surface area (Å²) in [6.07, 6.45) is 5.25. The molecule has 1 fully saturated rings. The molecule has 5 rings (SSSR count). The van der Waals surface area contributed by atoms with Crippen molar-refractivity contribution in [3.8, 4) is 6.07 Å². The van der Waals surface area contributed by atoms with Gasteiger partial charge in [-0.25, -0.2) is 8.42 Å². The first kappa shape index (κ1) is 22.6. The van der Waals surface area contributed by atoms with Crippen molar-refractivity contribution in [3.63, 3.8) is 0 Å². The second kappa shape index (κ2) is 8.87. The minimum Gasteiger partial charge on any atom is -0.383 e. The standard InChI is InChI=1S/C23H26N6O4S/c1-33-11-10-28-14-16-12-17(6-7-20(16)34(28,31)32)26-22-21-19(8-9-25-23(21)30)29(27-22)18-5-3-2-4-15(18)13-24/h6-9,12,15,18H,2-5,10-11,14H2,1H3,(H,25,30)(H,26,27). The molecule has 1 aromatic carbocycles. The first-order chi connectivity index (χ1) is 16.4. The Morgan fingerprint density at radius 1 is 1.29 bits per heavy atom. The average molecular weight is 483 g/mol. The van der Waals surface area contributed by atoms with Gasteiger partial charge in [0.05, 0.1) is 35.0 Å². The molecule has 0 radical (unpaired) electrons.